The number of hydrogen-bond acceptors (Lipinski definition) is 5. The van der Waals surface area contributed by atoms with Gasteiger partial charge in [0, 0.05) is 12.1 Å². The van der Waals surface area contributed by atoms with Crippen molar-refractivity contribution in [2.24, 2.45) is 25.7 Å². The minimum atomic E-state index is 0.508. The number of hydrogen-bond donors (Lipinski definition) is 1. The third-order valence-electron chi connectivity index (χ3n) is 9.66. The summed E-state index contributed by atoms with van der Waals surface area (Å²) < 4.78 is 0. The zero-order chi connectivity index (χ0) is 31.3. The first kappa shape index (κ1) is 29.8. The molecule has 44 heavy (non-hydrogen) atoms. The van der Waals surface area contributed by atoms with Crippen molar-refractivity contribution in [1.29, 1.82) is 0 Å². The summed E-state index contributed by atoms with van der Waals surface area (Å²) in [7, 11) is 0. The second-order valence-corrected chi connectivity index (χ2v) is 12.0. The second-order valence-electron chi connectivity index (χ2n) is 12.0. The Hall–Kier alpha value is -4.22. The lowest BCUT2D eigenvalue weighted by Crippen LogP contribution is -2.06. The molecule has 0 atom stereocenters. The van der Waals surface area contributed by atoms with E-state index in [1.54, 1.807) is 0 Å². The van der Waals surface area contributed by atoms with Crippen LogP contribution in [0.3, 0.4) is 0 Å². The maximum Gasteiger partial charge on any atom is 0.0769 e. The van der Waals surface area contributed by atoms with Crippen LogP contribution in [0.1, 0.15) is 92.2 Å². The molecule has 0 spiro atoms. The van der Waals surface area contributed by atoms with E-state index in [0.717, 1.165) is 88.0 Å². The van der Waals surface area contributed by atoms with Gasteiger partial charge in [0.25, 0.3) is 0 Å². The van der Waals surface area contributed by atoms with Gasteiger partial charge in [-0.1, -0.05) is 52.0 Å². The minimum absolute atomic E-state index is 0.508. The molecular weight excluding hydrogens is 538 g/mol. The maximum absolute atomic E-state index is 5.98. The van der Waals surface area contributed by atoms with E-state index >= 15 is 0 Å². The Morgan fingerprint density at radius 2 is 1.05 bits per heavy atom. The Balaban J connectivity index is 1.72. The SMILES string of the molecule is CCC1=C(C)C2=NC1=CC1=NC(=CC3=NC(=C(c4ccc(CN)cc4)C4=NC(=C2)C(CC)=C4C)C(C)=C3CC)C(C)=C1CC. The summed E-state index contributed by atoms with van der Waals surface area (Å²) in [6.07, 6.45) is 10.2. The van der Waals surface area contributed by atoms with E-state index in [4.69, 9.17) is 25.7 Å². The predicted molar refractivity (Wildman–Crippen MR) is 187 cm³/mol. The fourth-order valence-corrected chi connectivity index (χ4v) is 7.08. The lowest BCUT2D eigenvalue weighted by atomic mass is 9.90. The molecular formula is C39H43N5. The minimum Gasteiger partial charge on any atom is -0.326 e. The molecule has 8 bridgehead atoms. The van der Waals surface area contributed by atoms with Gasteiger partial charge in [-0.25, -0.2) is 20.0 Å². The first-order valence-electron chi connectivity index (χ1n) is 16.1. The molecule has 2 N–H and O–H groups in total. The van der Waals surface area contributed by atoms with Gasteiger partial charge >= 0.3 is 0 Å². The Kier molecular flexibility index (Phi) is 7.93. The lowest BCUT2D eigenvalue weighted by Gasteiger charge is -2.14. The summed E-state index contributed by atoms with van der Waals surface area (Å²) in [6, 6.07) is 8.57. The molecule has 6 rings (SSSR count). The largest absolute Gasteiger partial charge is 0.326 e. The van der Waals surface area contributed by atoms with E-state index in [1.807, 2.05) is 0 Å². The van der Waals surface area contributed by atoms with Crippen molar-refractivity contribution in [3.05, 3.63) is 121 Å². The monoisotopic (exact) mass is 581 g/mol. The lowest BCUT2D eigenvalue weighted by molar-refractivity contribution is 1.07. The summed E-state index contributed by atoms with van der Waals surface area (Å²) in [4.78, 5) is 21.2. The van der Waals surface area contributed by atoms with Gasteiger partial charge in [0.1, 0.15) is 0 Å². The second kappa shape index (κ2) is 11.7. The van der Waals surface area contributed by atoms with Gasteiger partial charge < -0.3 is 5.73 Å². The third kappa shape index (κ3) is 4.75. The number of fused-ring (bicyclic) bond motifs is 4. The first-order valence-corrected chi connectivity index (χ1v) is 16.1. The molecule has 1 aromatic carbocycles. The van der Waals surface area contributed by atoms with Crippen molar-refractivity contribution in [2.75, 3.05) is 0 Å². The van der Waals surface area contributed by atoms with Crippen LogP contribution in [0.25, 0.3) is 5.57 Å². The Morgan fingerprint density at radius 3 is 1.68 bits per heavy atom. The smallest absolute Gasteiger partial charge is 0.0769 e. The van der Waals surface area contributed by atoms with Gasteiger partial charge in [0.15, 0.2) is 0 Å². The highest BCUT2D eigenvalue weighted by atomic mass is 14.9. The van der Waals surface area contributed by atoms with Crippen LogP contribution in [0.4, 0.5) is 0 Å². The quantitative estimate of drug-likeness (QED) is 0.357. The highest BCUT2D eigenvalue weighted by molar-refractivity contribution is 6.35. The van der Waals surface area contributed by atoms with Crippen LogP contribution in [0, 0.1) is 0 Å². The summed E-state index contributed by atoms with van der Waals surface area (Å²) in [5.74, 6) is 0. The number of rotatable bonds is 6. The molecule has 1 aromatic rings. The van der Waals surface area contributed by atoms with Crippen LogP contribution < -0.4 is 5.73 Å². The molecule has 0 amide bonds. The van der Waals surface area contributed by atoms with Gasteiger partial charge in [-0.3, -0.25) is 0 Å². The van der Waals surface area contributed by atoms with Crippen molar-refractivity contribution >= 4 is 28.4 Å². The molecule has 224 valence electrons. The molecule has 0 aliphatic carbocycles. The van der Waals surface area contributed by atoms with E-state index < -0.39 is 0 Å². The molecule has 0 aromatic heterocycles. The summed E-state index contributed by atoms with van der Waals surface area (Å²) >= 11 is 0. The van der Waals surface area contributed by atoms with E-state index in [1.165, 1.54) is 44.6 Å². The number of benzene rings is 1. The molecule has 0 fully saturated rings. The molecule has 0 saturated heterocycles. The average molecular weight is 582 g/mol. The van der Waals surface area contributed by atoms with Crippen molar-refractivity contribution < 1.29 is 0 Å². The zero-order valence-electron chi connectivity index (χ0n) is 27.4. The van der Waals surface area contributed by atoms with Crippen molar-refractivity contribution in [3.63, 3.8) is 0 Å². The fourth-order valence-electron chi connectivity index (χ4n) is 7.08. The van der Waals surface area contributed by atoms with Crippen LogP contribution in [-0.4, -0.2) is 22.8 Å². The van der Waals surface area contributed by atoms with Gasteiger partial charge in [-0.2, -0.15) is 0 Å². The molecule has 5 nitrogen and oxygen atoms in total. The van der Waals surface area contributed by atoms with E-state index in [0.29, 0.717) is 6.54 Å². The number of aliphatic imine (C=N–C) groups is 4. The van der Waals surface area contributed by atoms with Gasteiger partial charge in [0.05, 0.1) is 45.6 Å². The van der Waals surface area contributed by atoms with Crippen LogP contribution in [0.2, 0.25) is 0 Å². The summed E-state index contributed by atoms with van der Waals surface area (Å²) in [6.45, 7) is 18.2. The molecule has 5 aliphatic rings. The highest BCUT2D eigenvalue weighted by Crippen LogP contribution is 2.42. The Bertz CT molecular complexity index is 1860. The third-order valence-corrected chi connectivity index (χ3v) is 9.66. The highest BCUT2D eigenvalue weighted by Gasteiger charge is 2.31. The normalized spacial score (nSPS) is 20.0. The van der Waals surface area contributed by atoms with Crippen LogP contribution >= 0.6 is 0 Å². The van der Waals surface area contributed by atoms with Crippen molar-refractivity contribution in [1.82, 2.24) is 0 Å². The Labute approximate surface area is 262 Å². The fraction of sp³-hybridized carbons (Fsp3) is 0.333. The molecule has 0 unspecified atom stereocenters. The number of nitrogens with zero attached hydrogens (tertiary/aromatic N) is 4. The van der Waals surface area contributed by atoms with E-state index in [9.17, 15) is 0 Å². The van der Waals surface area contributed by atoms with E-state index in [-0.39, 0.29) is 0 Å². The Morgan fingerprint density at radius 1 is 0.523 bits per heavy atom. The standard InChI is InChI=1S/C39H43N5/c1-9-27-21(5)31-17-35-29(11-3)23(7)38(43-35)37(26-15-13-25(20-40)14-16-26)39-24(8)30(12-4)36(44-39)18-32-22(6)28(10-2)34(42-32)19-33(27)41-31/h13-19H,9-12,20,40H2,1-8H3. The zero-order valence-corrected chi connectivity index (χ0v) is 27.4. The summed E-state index contributed by atoms with van der Waals surface area (Å²) in [5, 5.41) is 0. The van der Waals surface area contributed by atoms with Crippen molar-refractivity contribution in [2.45, 2.75) is 87.6 Å². The molecule has 5 heterocycles. The van der Waals surface area contributed by atoms with Crippen LogP contribution in [0.15, 0.2) is 130 Å². The van der Waals surface area contributed by atoms with Gasteiger partial charge in [0.2, 0.25) is 0 Å². The molecule has 0 radical (unpaired) electrons. The van der Waals surface area contributed by atoms with Crippen LogP contribution in [0.5, 0.6) is 0 Å². The number of nitrogens with two attached hydrogens (primary N) is 1. The summed E-state index contributed by atoms with van der Waals surface area (Å²) in [5.41, 5.74) is 27.1. The topological polar surface area (TPSA) is 75.5 Å². The predicted octanol–water partition coefficient (Wildman–Crippen LogP) is 9.25. The molecule has 0 saturated carbocycles. The average Bonchev–Trinajstić information content (AvgIpc) is 3.70. The maximum atomic E-state index is 5.98. The molecule has 5 heteroatoms. The van der Waals surface area contributed by atoms with Crippen LogP contribution in [-0.2, 0) is 6.54 Å². The molecule has 5 aliphatic heterocycles. The van der Waals surface area contributed by atoms with Gasteiger partial charge in [-0.05, 0) is 127 Å². The first-order chi connectivity index (χ1) is 21.2. The van der Waals surface area contributed by atoms with E-state index in [2.05, 4.69) is 97.9 Å². The van der Waals surface area contributed by atoms with Crippen molar-refractivity contribution in [3.8, 4) is 0 Å². The van der Waals surface area contributed by atoms with Gasteiger partial charge in [-0.15, -0.1) is 0 Å². The number of allylic oxidation sites excluding steroid dienone is 12.